The highest BCUT2D eigenvalue weighted by Crippen LogP contribution is 2.30. The molecule has 128 valence electrons. The monoisotopic (exact) mass is 372 g/mol. The van der Waals surface area contributed by atoms with E-state index in [1.54, 1.807) is 0 Å². The molecule has 0 saturated heterocycles. The Labute approximate surface area is 152 Å². The molecule has 0 aliphatic heterocycles. The van der Waals surface area contributed by atoms with Gasteiger partial charge in [0.1, 0.15) is 0 Å². The molecular formula is C20H21O3PS+2. The lowest BCUT2D eigenvalue weighted by atomic mass is 10.4. The first-order valence-corrected chi connectivity index (χ1v) is 10.0. The molecule has 3 nitrogen and oxygen atoms in total. The molecule has 0 heterocycles. The predicted molar refractivity (Wildman–Crippen MR) is 103 cm³/mol. The molecule has 0 unspecified atom stereocenters. The fourth-order valence-corrected chi connectivity index (χ4v) is 4.41. The molecule has 0 N–H and O–H groups in total. The summed E-state index contributed by atoms with van der Waals surface area (Å²) < 4.78 is 18.3. The van der Waals surface area contributed by atoms with Crippen molar-refractivity contribution in [1.82, 2.24) is 0 Å². The molecule has 25 heavy (non-hydrogen) atoms. The van der Waals surface area contributed by atoms with Crippen molar-refractivity contribution < 1.29 is 13.6 Å². The van der Waals surface area contributed by atoms with Gasteiger partial charge in [-0.05, 0) is 36.4 Å². The van der Waals surface area contributed by atoms with Crippen LogP contribution in [0.3, 0.4) is 0 Å². The predicted octanol–water partition coefficient (Wildman–Crippen LogP) is 5.72. The van der Waals surface area contributed by atoms with Crippen molar-refractivity contribution in [1.29, 1.82) is 0 Å². The van der Waals surface area contributed by atoms with Gasteiger partial charge in [0.15, 0.2) is 14.7 Å². The van der Waals surface area contributed by atoms with Crippen LogP contribution in [-0.4, -0.2) is 14.2 Å². The van der Waals surface area contributed by atoms with Crippen molar-refractivity contribution in [3.05, 3.63) is 91.0 Å². The van der Waals surface area contributed by atoms with E-state index in [-0.39, 0.29) is 10.9 Å². The van der Waals surface area contributed by atoms with Gasteiger partial charge >= 0.3 is 8.25 Å². The van der Waals surface area contributed by atoms with E-state index in [1.165, 1.54) is 28.9 Å². The van der Waals surface area contributed by atoms with E-state index < -0.39 is 8.25 Å². The van der Waals surface area contributed by atoms with Crippen molar-refractivity contribution in [2.45, 2.75) is 14.7 Å². The normalized spacial score (nSPS) is 10.0. The summed E-state index contributed by atoms with van der Waals surface area (Å²) in [7, 11) is 0.802. The Morgan fingerprint density at radius 1 is 0.600 bits per heavy atom. The van der Waals surface area contributed by atoms with Gasteiger partial charge in [-0.2, -0.15) is 0 Å². The molecule has 5 heteroatoms. The van der Waals surface area contributed by atoms with Crippen LogP contribution in [0.15, 0.2) is 106 Å². The van der Waals surface area contributed by atoms with Crippen molar-refractivity contribution >= 4 is 19.1 Å². The number of benzene rings is 3. The van der Waals surface area contributed by atoms with Crippen LogP contribution in [0.5, 0.6) is 0 Å². The summed E-state index contributed by atoms with van der Waals surface area (Å²) in [6.45, 7) is 0. The zero-order valence-electron chi connectivity index (χ0n) is 14.2. The first-order valence-electron chi connectivity index (χ1n) is 7.71. The van der Waals surface area contributed by atoms with Gasteiger partial charge < -0.3 is 0 Å². The van der Waals surface area contributed by atoms with E-state index in [0.717, 1.165) is 0 Å². The second-order valence-corrected chi connectivity index (χ2v) is 8.04. The quantitative estimate of drug-likeness (QED) is 0.424. The van der Waals surface area contributed by atoms with Crippen molar-refractivity contribution in [3.8, 4) is 0 Å². The zero-order chi connectivity index (χ0) is 17.9. The Morgan fingerprint density at radius 2 is 0.880 bits per heavy atom. The van der Waals surface area contributed by atoms with E-state index in [4.69, 9.17) is 0 Å². The van der Waals surface area contributed by atoms with Crippen LogP contribution in [-0.2, 0) is 24.5 Å². The van der Waals surface area contributed by atoms with Crippen molar-refractivity contribution in [2.24, 2.45) is 0 Å². The Balaban J connectivity index is 0.000000326. The Bertz CT molecular complexity index is 652. The SMILES string of the molecule is CO[P+](=O)OC.c1ccc([S+](c2ccccc2)c2ccccc2)cc1. The van der Waals surface area contributed by atoms with Gasteiger partial charge in [0.05, 0.1) is 25.1 Å². The minimum Gasteiger partial charge on any atom is -0.122 e. The summed E-state index contributed by atoms with van der Waals surface area (Å²) in [5.41, 5.74) is 0. The van der Waals surface area contributed by atoms with Crippen LogP contribution >= 0.6 is 8.25 Å². The first-order chi connectivity index (χ1) is 12.3. The van der Waals surface area contributed by atoms with Crippen LogP contribution in [0.25, 0.3) is 0 Å². The molecule has 3 aromatic carbocycles. The summed E-state index contributed by atoms with van der Waals surface area (Å²) in [5.74, 6) is 0. The first kappa shape index (κ1) is 19.4. The average Bonchev–Trinajstić information content (AvgIpc) is 2.70. The van der Waals surface area contributed by atoms with E-state index >= 15 is 0 Å². The molecule has 3 aromatic rings. The van der Waals surface area contributed by atoms with Crippen LogP contribution in [0.4, 0.5) is 0 Å². The summed E-state index contributed by atoms with van der Waals surface area (Å²) in [6, 6.07) is 32.2. The van der Waals surface area contributed by atoms with Gasteiger partial charge in [0.25, 0.3) is 0 Å². The Morgan fingerprint density at radius 3 is 1.08 bits per heavy atom. The van der Waals surface area contributed by atoms with Crippen molar-refractivity contribution in [2.75, 3.05) is 14.2 Å². The number of hydrogen-bond acceptors (Lipinski definition) is 3. The average molecular weight is 372 g/mol. The van der Waals surface area contributed by atoms with Gasteiger partial charge in [0, 0.05) is 4.57 Å². The molecule has 0 fully saturated rings. The number of hydrogen-bond donors (Lipinski definition) is 0. The molecule has 0 aromatic heterocycles. The zero-order valence-corrected chi connectivity index (χ0v) is 16.0. The summed E-state index contributed by atoms with van der Waals surface area (Å²) >= 11 is 0. The Kier molecular flexibility index (Phi) is 8.36. The standard InChI is InChI=1S/C18H15S.C2H6O3P/c1-4-10-16(11-5-1)19(17-12-6-2-7-13-17)18-14-8-3-9-15-18;1-4-6(3)5-2/h1-15H;1-2H3/q2*+1. The number of rotatable bonds is 5. The van der Waals surface area contributed by atoms with Crippen LogP contribution in [0, 0.1) is 0 Å². The lowest BCUT2D eigenvalue weighted by Gasteiger charge is -2.07. The molecule has 3 rings (SSSR count). The van der Waals surface area contributed by atoms with E-state index in [0.29, 0.717) is 0 Å². The highest BCUT2D eigenvalue weighted by molar-refractivity contribution is 7.97. The largest absolute Gasteiger partial charge is 0.696 e. The molecule has 0 bridgehead atoms. The third kappa shape index (κ3) is 6.11. The smallest absolute Gasteiger partial charge is 0.122 e. The lowest BCUT2D eigenvalue weighted by molar-refractivity contribution is 0.302. The van der Waals surface area contributed by atoms with Gasteiger partial charge in [-0.1, -0.05) is 54.6 Å². The minimum atomic E-state index is -1.83. The third-order valence-corrected chi connectivity index (χ3v) is 6.06. The Hall–Kier alpha value is -1.97. The summed E-state index contributed by atoms with van der Waals surface area (Å²) in [4.78, 5) is 4.08. The maximum Gasteiger partial charge on any atom is 0.696 e. The van der Waals surface area contributed by atoms with Crippen LogP contribution < -0.4 is 0 Å². The van der Waals surface area contributed by atoms with Crippen LogP contribution in [0.2, 0.25) is 0 Å². The van der Waals surface area contributed by atoms with Gasteiger partial charge in [-0.25, -0.2) is 0 Å². The maximum absolute atomic E-state index is 9.88. The highest BCUT2D eigenvalue weighted by atomic mass is 32.2. The summed E-state index contributed by atoms with van der Waals surface area (Å²) in [5, 5.41) is 0. The second-order valence-electron chi connectivity index (χ2n) is 4.83. The molecule has 0 aliphatic carbocycles. The fraction of sp³-hybridized carbons (Fsp3) is 0.100. The van der Waals surface area contributed by atoms with E-state index in [2.05, 4.69) is 100 Å². The molecule has 0 amide bonds. The van der Waals surface area contributed by atoms with Gasteiger partial charge in [-0.3, -0.25) is 0 Å². The van der Waals surface area contributed by atoms with Crippen molar-refractivity contribution in [3.63, 3.8) is 0 Å². The molecule has 0 radical (unpaired) electrons. The highest BCUT2D eigenvalue weighted by Gasteiger charge is 2.27. The maximum atomic E-state index is 9.88. The molecule has 0 atom stereocenters. The van der Waals surface area contributed by atoms with Gasteiger partial charge in [0.2, 0.25) is 0 Å². The minimum absolute atomic E-state index is 0.0146. The van der Waals surface area contributed by atoms with Crippen LogP contribution in [0.1, 0.15) is 0 Å². The molecule has 0 saturated carbocycles. The molecule has 0 spiro atoms. The van der Waals surface area contributed by atoms with E-state index in [1.807, 2.05) is 0 Å². The third-order valence-electron chi connectivity index (χ3n) is 3.23. The summed E-state index contributed by atoms with van der Waals surface area (Å²) in [6.07, 6.45) is 0. The topological polar surface area (TPSA) is 35.5 Å². The molecular weight excluding hydrogens is 351 g/mol. The lowest BCUT2D eigenvalue weighted by Crippen LogP contribution is -2.04. The van der Waals surface area contributed by atoms with Gasteiger partial charge in [-0.15, -0.1) is 9.05 Å². The fourth-order valence-electron chi connectivity index (χ4n) is 2.15. The second kappa shape index (κ2) is 10.8. The van der Waals surface area contributed by atoms with E-state index in [9.17, 15) is 4.57 Å². The molecule has 0 aliphatic rings.